The monoisotopic (exact) mass is 320 g/mol. The highest BCUT2D eigenvalue weighted by atomic mass is 19.1. The van der Waals surface area contributed by atoms with Crippen molar-refractivity contribution >= 4 is 5.95 Å². The highest BCUT2D eigenvalue weighted by molar-refractivity contribution is 5.74. The van der Waals surface area contributed by atoms with Gasteiger partial charge in [-0.2, -0.15) is 5.26 Å². The summed E-state index contributed by atoms with van der Waals surface area (Å²) < 4.78 is 19.9. The van der Waals surface area contributed by atoms with Crippen LogP contribution in [-0.2, 0) is 0 Å². The van der Waals surface area contributed by atoms with E-state index in [4.69, 9.17) is 15.7 Å². The third-order valence-corrected chi connectivity index (χ3v) is 3.44. The Bertz CT molecular complexity index is 904. The fourth-order valence-corrected chi connectivity index (χ4v) is 2.33. The first-order valence-corrected chi connectivity index (χ1v) is 7.15. The molecule has 118 valence electrons. The van der Waals surface area contributed by atoms with Crippen molar-refractivity contribution in [1.29, 1.82) is 5.26 Å². The van der Waals surface area contributed by atoms with Gasteiger partial charge in [0.15, 0.2) is 6.61 Å². The van der Waals surface area contributed by atoms with Gasteiger partial charge in [0, 0.05) is 29.1 Å². The summed E-state index contributed by atoms with van der Waals surface area (Å²) in [5, 5.41) is 8.66. The zero-order valence-electron chi connectivity index (χ0n) is 12.6. The molecule has 0 radical (unpaired) electrons. The van der Waals surface area contributed by atoms with Gasteiger partial charge >= 0.3 is 0 Å². The van der Waals surface area contributed by atoms with Gasteiger partial charge in [-0.05, 0) is 17.7 Å². The van der Waals surface area contributed by atoms with Crippen molar-refractivity contribution in [2.45, 2.75) is 0 Å². The Morgan fingerprint density at radius 2 is 1.79 bits per heavy atom. The van der Waals surface area contributed by atoms with E-state index in [-0.39, 0.29) is 12.6 Å². The minimum Gasteiger partial charge on any atom is -0.478 e. The Kier molecular flexibility index (Phi) is 4.34. The van der Waals surface area contributed by atoms with Crippen molar-refractivity contribution in [3.05, 3.63) is 60.7 Å². The van der Waals surface area contributed by atoms with E-state index in [0.29, 0.717) is 28.0 Å². The van der Waals surface area contributed by atoms with Crippen molar-refractivity contribution < 1.29 is 9.13 Å². The number of nitrogens with zero attached hydrogens (tertiary/aromatic N) is 3. The highest BCUT2D eigenvalue weighted by Gasteiger charge is 2.11. The Labute approximate surface area is 138 Å². The van der Waals surface area contributed by atoms with Crippen LogP contribution in [0.5, 0.6) is 5.75 Å². The predicted octanol–water partition coefficient (Wildman–Crippen LogP) is 3.43. The van der Waals surface area contributed by atoms with Crippen LogP contribution in [0.25, 0.3) is 22.3 Å². The van der Waals surface area contributed by atoms with E-state index in [0.717, 1.165) is 0 Å². The van der Waals surface area contributed by atoms with Crippen LogP contribution in [0.3, 0.4) is 0 Å². The van der Waals surface area contributed by atoms with E-state index < -0.39 is 5.82 Å². The van der Waals surface area contributed by atoms with Crippen LogP contribution in [0.1, 0.15) is 0 Å². The molecule has 0 saturated carbocycles. The van der Waals surface area contributed by atoms with Crippen molar-refractivity contribution in [3.63, 3.8) is 0 Å². The molecule has 6 heteroatoms. The van der Waals surface area contributed by atoms with Crippen LogP contribution in [0.2, 0.25) is 0 Å². The molecule has 2 aromatic carbocycles. The average Bonchev–Trinajstić information content (AvgIpc) is 2.61. The molecular formula is C18H13FN4O. The summed E-state index contributed by atoms with van der Waals surface area (Å²) in [6.45, 7) is -0.0691. The molecule has 0 saturated heterocycles. The number of hydrogen-bond acceptors (Lipinski definition) is 5. The maximum Gasteiger partial charge on any atom is 0.219 e. The lowest BCUT2D eigenvalue weighted by Crippen LogP contribution is -1.96. The largest absolute Gasteiger partial charge is 0.478 e. The fraction of sp³-hybridized carbons (Fsp3) is 0.0556. The lowest BCUT2D eigenvalue weighted by molar-refractivity contribution is 0.369. The van der Waals surface area contributed by atoms with Crippen LogP contribution in [0, 0.1) is 17.1 Å². The molecule has 0 amide bonds. The van der Waals surface area contributed by atoms with E-state index in [1.807, 2.05) is 18.2 Å². The lowest BCUT2D eigenvalue weighted by atomic mass is 10.0. The summed E-state index contributed by atoms with van der Waals surface area (Å²) in [7, 11) is 0. The first-order valence-electron chi connectivity index (χ1n) is 7.15. The van der Waals surface area contributed by atoms with Gasteiger partial charge < -0.3 is 10.5 Å². The van der Waals surface area contributed by atoms with E-state index in [9.17, 15) is 4.39 Å². The number of ether oxygens (including phenoxy) is 1. The molecular weight excluding hydrogens is 307 g/mol. The minimum absolute atomic E-state index is 0.0691. The Morgan fingerprint density at radius 3 is 2.50 bits per heavy atom. The van der Waals surface area contributed by atoms with Gasteiger partial charge in [-0.3, -0.25) is 0 Å². The molecule has 0 unspecified atom stereocenters. The van der Waals surface area contributed by atoms with Gasteiger partial charge in [-0.1, -0.05) is 30.3 Å². The number of nitrogen functional groups attached to an aromatic ring is 1. The SMILES string of the molecule is N#CCOc1ccccc1-c1ccc(-c2cnc(N)nc2)c(F)c1. The number of aromatic nitrogens is 2. The Morgan fingerprint density at radius 1 is 1.04 bits per heavy atom. The third kappa shape index (κ3) is 3.15. The molecule has 0 aliphatic carbocycles. The van der Waals surface area contributed by atoms with Gasteiger partial charge in [-0.25, -0.2) is 14.4 Å². The number of rotatable bonds is 4. The van der Waals surface area contributed by atoms with Gasteiger partial charge in [-0.15, -0.1) is 0 Å². The standard InChI is InChI=1S/C18H13FN4O/c19-16-9-12(15-3-1-2-4-17(15)24-8-7-20)5-6-14(16)13-10-22-18(21)23-11-13/h1-6,9-11H,8H2,(H2,21,22,23). The summed E-state index contributed by atoms with van der Waals surface area (Å²) >= 11 is 0. The van der Waals surface area contributed by atoms with E-state index in [2.05, 4.69) is 9.97 Å². The van der Waals surface area contributed by atoms with Crippen molar-refractivity contribution in [2.75, 3.05) is 12.3 Å². The number of hydrogen-bond donors (Lipinski definition) is 1. The molecule has 1 aromatic heterocycles. The lowest BCUT2D eigenvalue weighted by Gasteiger charge is -2.11. The van der Waals surface area contributed by atoms with E-state index >= 15 is 0 Å². The molecule has 1 heterocycles. The molecule has 3 aromatic rings. The number of para-hydroxylation sites is 1. The molecule has 3 rings (SSSR count). The van der Waals surface area contributed by atoms with E-state index in [1.54, 1.807) is 24.3 Å². The quantitative estimate of drug-likeness (QED) is 0.796. The van der Waals surface area contributed by atoms with Crippen LogP contribution < -0.4 is 10.5 Å². The summed E-state index contributed by atoms with van der Waals surface area (Å²) in [5.74, 6) is 0.261. The average molecular weight is 320 g/mol. The van der Waals surface area contributed by atoms with Crippen molar-refractivity contribution in [2.24, 2.45) is 0 Å². The zero-order chi connectivity index (χ0) is 16.9. The van der Waals surface area contributed by atoms with Gasteiger partial charge in [0.25, 0.3) is 0 Å². The number of anilines is 1. The number of nitriles is 1. The Balaban J connectivity index is 1.99. The smallest absolute Gasteiger partial charge is 0.219 e. The molecule has 0 spiro atoms. The van der Waals surface area contributed by atoms with Crippen LogP contribution in [0.4, 0.5) is 10.3 Å². The molecule has 0 aliphatic heterocycles. The summed E-state index contributed by atoms with van der Waals surface area (Å²) in [6, 6.07) is 14.0. The fourth-order valence-electron chi connectivity index (χ4n) is 2.33. The molecule has 5 nitrogen and oxygen atoms in total. The van der Waals surface area contributed by atoms with Crippen LogP contribution in [0.15, 0.2) is 54.9 Å². The second-order valence-electron chi connectivity index (χ2n) is 4.97. The molecule has 24 heavy (non-hydrogen) atoms. The molecule has 2 N–H and O–H groups in total. The van der Waals surface area contributed by atoms with Crippen LogP contribution >= 0.6 is 0 Å². The zero-order valence-corrected chi connectivity index (χ0v) is 12.6. The maximum atomic E-state index is 14.5. The van der Waals surface area contributed by atoms with Gasteiger partial charge in [0.05, 0.1) is 0 Å². The molecule has 0 atom stereocenters. The molecule has 0 aliphatic rings. The topological polar surface area (TPSA) is 84.8 Å². The minimum atomic E-state index is -0.407. The second kappa shape index (κ2) is 6.75. The maximum absolute atomic E-state index is 14.5. The van der Waals surface area contributed by atoms with E-state index in [1.165, 1.54) is 18.5 Å². The Hall–Kier alpha value is -3.46. The first kappa shape index (κ1) is 15.4. The molecule has 0 fully saturated rings. The van der Waals surface area contributed by atoms with Crippen molar-refractivity contribution in [3.8, 4) is 34.1 Å². The van der Waals surface area contributed by atoms with Gasteiger partial charge in [0.2, 0.25) is 5.95 Å². The molecule has 0 bridgehead atoms. The summed E-state index contributed by atoms with van der Waals surface area (Å²) in [5.41, 5.74) is 7.74. The number of benzene rings is 2. The highest BCUT2D eigenvalue weighted by Crippen LogP contribution is 2.32. The van der Waals surface area contributed by atoms with Crippen LogP contribution in [-0.4, -0.2) is 16.6 Å². The number of nitrogens with two attached hydrogens (primary N) is 1. The van der Waals surface area contributed by atoms with Crippen molar-refractivity contribution in [1.82, 2.24) is 9.97 Å². The summed E-state index contributed by atoms with van der Waals surface area (Å²) in [6.07, 6.45) is 2.95. The predicted molar refractivity (Wildman–Crippen MR) is 88.4 cm³/mol. The summed E-state index contributed by atoms with van der Waals surface area (Å²) in [4.78, 5) is 7.75. The normalized spacial score (nSPS) is 10.2. The second-order valence-corrected chi connectivity index (χ2v) is 4.97. The first-order chi connectivity index (χ1) is 11.7. The number of halogens is 1. The van der Waals surface area contributed by atoms with Gasteiger partial charge in [0.1, 0.15) is 17.6 Å². The third-order valence-electron chi connectivity index (χ3n) is 3.44.